The van der Waals surface area contributed by atoms with Crippen molar-refractivity contribution >= 4 is 32.2 Å². The van der Waals surface area contributed by atoms with E-state index in [2.05, 4.69) is 10.6 Å². The number of likely N-dealkylation sites (tertiary alicyclic amines) is 1. The molecule has 11 heteroatoms. The van der Waals surface area contributed by atoms with Gasteiger partial charge < -0.3 is 20.3 Å². The molecule has 1 aromatic carbocycles. The largest absolute Gasteiger partial charge is 0.445 e. The molecule has 1 aliphatic heterocycles. The molecule has 3 amide bonds. The van der Waals surface area contributed by atoms with Gasteiger partial charge in [-0.1, -0.05) is 58.0 Å². The molecule has 0 saturated carbocycles. The van der Waals surface area contributed by atoms with Gasteiger partial charge in [-0.2, -0.15) is 0 Å². The number of carbonyl (C=O) groups excluding carboxylic acids is 4. The summed E-state index contributed by atoms with van der Waals surface area (Å²) in [6.45, 7) is 7.89. The fraction of sp³-hybridized carbons (Fsp3) is 0.630. The molecular weight excluding hydrogens is 509 g/mol. The number of nitrogens with zero attached hydrogens (tertiary/aromatic N) is 1. The monoisotopic (exact) mass is 550 g/mol. The lowest BCUT2D eigenvalue weighted by Gasteiger charge is -2.30. The maximum absolute atomic E-state index is 13.2. The summed E-state index contributed by atoms with van der Waals surface area (Å²) in [5.41, 5.74) is -0.450. The highest BCUT2D eigenvalue weighted by Gasteiger charge is 2.38. The number of benzene rings is 1. The first-order valence-electron chi connectivity index (χ1n) is 13.1. The summed E-state index contributed by atoms with van der Waals surface area (Å²) in [5, 5.41) is 5.48. The number of amides is 3. The molecule has 2 rings (SSSR count). The van der Waals surface area contributed by atoms with E-state index in [4.69, 9.17) is 4.74 Å². The van der Waals surface area contributed by atoms with Crippen LogP contribution in [0.2, 0.25) is 0 Å². The SMILES string of the molecule is CC(C)C[C@H](NC(=O)[C@@H]1CCCN1C(=O)OCc1ccccc1)C(=O)NCC([C]=O)(CC(C)C)C[PH](=O)O. The molecule has 1 aromatic rings. The molecule has 3 N–H and O–H groups in total. The van der Waals surface area contributed by atoms with E-state index in [1.54, 1.807) is 0 Å². The van der Waals surface area contributed by atoms with Crippen LogP contribution in [0, 0.1) is 17.3 Å². The van der Waals surface area contributed by atoms with Crippen LogP contribution in [0.5, 0.6) is 0 Å². The Morgan fingerprint density at radius 2 is 1.87 bits per heavy atom. The predicted octanol–water partition coefficient (Wildman–Crippen LogP) is 3.04. The Bertz CT molecular complexity index is 973. The van der Waals surface area contributed by atoms with Gasteiger partial charge >= 0.3 is 6.09 Å². The van der Waals surface area contributed by atoms with Crippen molar-refractivity contribution in [3.63, 3.8) is 0 Å². The summed E-state index contributed by atoms with van der Waals surface area (Å²) in [6.07, 6.45) is 2.74. The summed E-state index contributed by atoms with van der Waals surface area (Å²) in [6, 6.07) is 7.58. The van der Waals surface area contributed by atoms with Gasteiger partial charge in [0.15, 0.2) is 8.03 Å². The van der Waals surface area contributed by atoms with Crippen LogP contribution in [-0.4, -0.2) is 65.3 Å². The molecule has 4 atom stereocenters. The van der Waals surface area contributed by atoms with Crippen LogP contribution in [0.25, 0.3) is 0 Å². The quantitative estimate of drug-likeness (QED) is 0.302. The molecule has 38 heavy (non-hydrogen) atoms. The van der Waals surface area contributed by atoms with Crippen molar-refractivity contribution in [3.8, 4) is 0 Å². The zero-order chi connectivity index (χ0) is 28.3. The summed E-state index contributed by atoms with van der Waals surface area (Å²) >= 11 is 0. The van der Waals surface area contributed by atoms with Crippen LogP contribution < -0.4 is 10.6 Å². The molecular formula is C27H41N3O7P. The fourth-order valence-corrected chi connectivity index (χ4v) is 5.72. The minimum Gasteiger partial charge on any atom is -0.445 e. The van der Waals surface area contributed by atoms with E-state index in [1.807, 2.05) is 64.3 Å². The van der Waals surface area contributed by atoms with Gasteiger partial charge in [-0.05, 0) is 43.1 Å². The average Bonchev–Trinajstić information content (AvgIpc) is 3.35. The van der Waals surface area contributed by atoms with E-state index in [-0.39, 0.29) is 37.6 Å². The molecule has 0 bridgehead atoms. The molecule has 2 unspecified atom stereocenters. The second-order valence-electron chi connectivity index (χ2n) is 10.9. The topological polar surface area (TPSA) is 142 Å². The summed E-state index contributed by atoms with van der Waals surface area (Å²) < 4.78 is 17.0. The lowest BCUT2D eigenvalue weighted by atomic mass is 9.83. The van der Waals surface area contributed by atoms with Crippen molar-refractivity contribution in [1.29, 1.82) is 0 Å². The Hall–Kier alpha value is -2.71. The third-order valence-corrected chi connectivity index (χ3v) is 7.42. The fourth-order valence-electron chi connectivity index (χ4n) is 4.80. The molecule has 0 spiro atoms. The molecule has 1 saturated heterocycles. The number of carbonyl (C=O) groups is 3. The number of nitrogens with one attached hydrogen (secondary N) is 2. The van der Waals surface area contributed by atoms with E-state index in [9.17, 15) is 28.6 Å². The zero-order valence-electron chi connectivity index (χ0n) is 22.7. The van der Waals surface area contributed by atoms with E-state index in [0.29, 0.717) is 25.8 Å². The van der Waals surface area contributed by atoms with Crippen molar-refractivity contribution in [2.75, 3.05) is 19.3 Å². The Labute approximate surface area is 225 Å². The van der Waals surface area contributed by atoms with Crippen LogP contribution in [0.4, 0.5) is 4.79 Å². The lowest BCUT2D eigenvalue weighted by molar-refractivity contribution is -0.131. The van der Waals surface area contributed by atoms with Gasteiger partial charge in [0.25, 0.3) is 0 Å². The van der Waals surface area contributed by atoms with Gasteiger partial charge in [0.05, 0.1) is 5.41 Å². The zero-order valence-corrected chi connectivity index (χ0v) is 23.7. The van der Waals surface area contributed by atoms with Crippen molar-refractivity contribution < 1.29 is 33.4 Å². The van der Waals surface area contributed by atoms with Gasteiger partial charge in [0.1, 0.15) is 18.7 Å². The Balaban J connectivity index is 2.06. The maximum atomic E-state index is 13.2. The molecule has 0 aromatic heterocycles. The third-order valence-electron chi connectivity index (χ3n) is 6.44. The standard InChI is InChI=1S/C27H41N3O7P/c1-19(2)13-22(24(32)28-16-27(17-31,14-20(3)4)18-38(35)36)29-25(33)23-11-8-12-30(23)26(34)37-15-21-9-6-5-7-10-21/h5-7,9-10,19-20,22-23,38H,8,11-16,18H2,1-4H3,(H,28,32)(H,29,33)(H,35,36)/t22-,23-,27?/m0/s1. The highest BCUT2D eigenvalue weighted by molar-refractivity contribution is 7.38. The first-order chi connectivity index (χ1) is 18.0. The van der Waals surface area contributed by atoms with Gasteiger partial charge in [0, 0.05) is 19.3 Å². The van der Waals surface area contributed by atoms with Crippen molar-refractivity contribution in [1.82, 2.24) is 15.5 Å². The third kappa shape index (κ3) is 9.87. The van der Waals surface area contributed by atoms with Gasteiger partial charge in [-0.25, -0.2) is 4.79 Å². The molecule has 0 aliphatic carbocycles. The van der Waals surface area contributed by atoms with Crippen molar-refractivity contribution in [3.05, 3.63) is 35.9 Å². The number of hydrogen-bond donors (Lipinski definition) is 3. The Morgan fingerprint density at radius 3 is 2.45 bits per heavy atom. The predicted molar refractivity (Wildman–Crippen MR) is 144 cm³/mol. The smallest absolute Gasteiger partial charge is 0.410 e. The Morgan fingerprint density at radius 1 is 1.18 bits per heavy atom. The highest BCUT2D eigenvalue weighted by Crippen LogP contribution is 2.33. The van der Waals surface area contributed by atoms with Crippen LogP contribution in [0.3, 0.4) is 0 Å². The van der Waals surface area contributed by atoms with Crippen LogP contribution in [-0.2, 0) is 30.3 Å². The van der Waals surface area contributed by atoms with Crippen LogP contribution in [0.15, 0.2) is 30.3 Å². The van der Waals surface area contributed by atoms with E-state index in [0.717, 1.165) is 5.56 Å². The minimum atomic E-state index is -2.98. The first kappa shape index (κ1) is 31.5. The van der Waals surface area contributed by atoms with Gasteiger partial charge in [0.2, 0.25) is 18.1 Å². The molecule has 1 heterocycles. The van der Waals surface area contributed by atoms with E-state index < -0.39 is 43.4 Å². The number of hydrogen-bond acceptors (Lipinski definition) is 6. The van der Waals surface area contributed by atoms with E-state index >= 15 is 0 Å². The Kier molecular flexibility index (Phi) is 12.5. The molecule has 211 valence electrons. The molecule has 10 nitrogen and oxygen atoms in total. The number of rotatable bonds is 14. The van der Waals surface area contributed by atoms with Crippen LogP contribution in [0.1, 0.15) is 58.9 Å². The second kappa shape index (κ2) is 15.0. The molecule has 1 aliphatic rings. The molecule has 1 fully saturated rings. The number of ether oxygens (including phenoxy) is 1. The van der Waals surface area contributed by atoms with Crippen molar-refractivity contribution in [2.24, 2.45) is 17.3 Å². The average molecular weight is 551 g/mol. The summed E-state index contributed by atoms with van der Waals surface area (Å²) in [7, 11) is -2.98. The first-order valence-corrected chi connectivity index (χ1v) is 14.7. The van der Waals surface area contributed by atoms with Crippen molar-refractivity contribution in [2.45, 2.75) is 72.1 Å². The van der Waals surface area contributed by atoms with Gasteiger partial charge in [-0.15, -0.1) is 0 Å². The normalized spacial score (nSPS) is 18.5. The lowest BCUT2D eigenvalue weighted by Crippen LogP contribution is -2.54. The maximum Gasteiger partial charge on any atom is 0.410 e. The highest BCUT2D eigenvalue weighted by atomic mass is 31.1. The summed E-state index contributed by atoms with van der Waals surface area (Å²) in [4.78, 5) is 61.8. The summed E-state index contributed by atoms with van der Waals surface area (Å²) in [5.74, 6) is -0.843. The van der Waals surface area contributed by atoms with E-state index in [1.165, 1.54) is 4.90 Å². The molecule has 1 radical (unpaired) electrons. The van der Waals surface area contributed by atoms with Gasteiger partial charge in [-0.3, -0.25) is 23.8 Å². The second-order valence-corrected chi connectivity index (χ2v) is 12.0. The van der Waals surface area contributed by atoms with Crippen LogP contribution >= 0.6 is 8.03 Å². The minimum absolute atomic E-state index is 0.0378.